The molecule has 0 unspecified atom stereocenters. The largest absolute Gasteiger partial charge is 0.240 e. The molecule has 0 spiro atoms. The SMILES string of the molecule is Cc1ccc(-c2cc(-c3ccccc3)c(C#N)c(SCc3ccccc3Cl)n2)cc1. The van der Waals surface area contributed by atoms with E-state index in [4.69, 9.17) is 16.6 Å². The van der Waals surface area contributed by atoms with Crippen LogP contribution < -0.4 is 0 Å². The first-order valence-electron chi connectivity index (χ1n) is 9.59. The van der Waals surface area contributed by atoms with Gasteiger partial charge in [-0.15, -0.1) is 11.8 Å². The first-order valence-corrected chi connectivity index (χ1v) is 11.0. The lowest BCUT2D eigenvalue weighted by atomic mass is 9.99. The molecule has 1 heterocycles. The van der Waals surface area contributed by atoms with Gasteiger partial charge in [-0.1, -0.05) is 90.0 Å². The Morgan fingerprint density at radius 2 is 1.60 bits per heavy atom. The van der Waals surface area contributed by atoms with Gasteiger partial charge in [-0.2, -0.15) is 5.26 Å². The number of halogens is 1. The second kappa shape index (κ2) is 9.17. The monoisotopic (exact) mass is 426 g/mol. The van der Waals surface area contributed by atoms with Crippen molar-refractivity contribution >= 4 is 23.4 Å². The average molecular weight is 427 g/mol. The predicted molar refractivity (Wildman–Crippen MR) is 126 cm³/mol. The van der Waals surface area contributed by atoms with E-state index in [1.807, 2.05) is 60.7 Å². The number of pyridine rings is 1. The summed E-state index contributed by atoms with van der Waals surface area (Å²) >= 11 is 7.88. The van der Waals surface area contributed by atoms with Gasteiger partial charge in [0.15, 0.2) is 0 Å². The molecule has 30 heavy (non-hydrogen) atoms. The summed E-state index contributed by atoms with van der Waals surface area (Å²) in [5.74, 6) is 0.646. The standard InChI is InChI=1S/C26H19ClN2S/c1-18-11-13-20(14-12-18)25-15-22(19-7-3-2-4-8-19)23(16-28)26(29-25)30-17-21-9-5-6-10-24(21)27/h2-15H,17H2,1H3. The highest BCUT2D eigenvalue weighted by Crippen LogP contribution is 2.36. The molecule has 0 N–H and O–H groups in total. The minimum atomic E-state index is 0.592. The molecule has 0 radical (unpaired) electrons. The maximum absolute atomic E-state index is 9.98. The van der Waals surface area contributed by atoms with Gasteiger partial charge < -0.3 is 0 Å². The van der Waals surface area contributed by atoms with E-state index in [9.17, 15) is 5.26 Å². The molecule has 0 aliphatic carbocycles. The first-order chi connectivity index (χ1) is 14.7. The van der Waals surface area contributed by atoms with Gasteiger partial charge in [0.25, 0.3) is 0 Å². The van der Waals surface area contributed by atoms with Gasteiger partial charge in [0.2, 0.25) is 0 Å². The van der Waals surface area contributed by atoms with Crippen molar-refractivity contribution in [2.24, 2.45) is 0 Å². The van der Waals surface area contributed by atoms with Crippen LogP contribution in [0, 0.1) is 18.3 Å². The minimum Gasteiger partial charge on any atom is -0.240 e. The zero-order valence-corrected chi connectivity index (χ0v) is 18.0. The highest BCUT2D eigenvalue weighted by atomic mass is 35.5. The fourth-order valence-electron chi connectivity index (χ4n) is 3.21. The zero-order chi connectivity index (χ0) is 20.9. The number of nitrogens with zero attached hydrogens (tertiary/aromatic N) is 2. The number of hydrogen-bond donors (Lipinski definition) is 0. The Morgan fingerprint density at radius 1 is 0.900 bits per heavy atom. The molecule has 4 heteroatoms. The number of aryl methyl sites for hydroxylation is 1. The Kier molecular flexibility index (Phi) is 6.18. The summed E-state index contributed by atoms with van der Waals surface area (Å²) in [4.78, 5) is 4.87. The lowest BCUT2D eigenvalue weighted by Crippen LogP contribution is -1.96. The summed E-state index contributed by atoms with van der Waals surface area (Å²) in [6.07, 6.45) is 0. The van der Waals surface area contributed by atoms with E-state index < -0.39 is 0 Å². The maximum atomic E-state index is 9.98. The van der Waals surface area contributed by atoms with Crippen molar-refractivity contribution in [1.82, 2.24) is 4.98 Å². The van der Waals surface area contributed by atoms with Crippen LogP contribution in [-0.4, -0.2) is 4.98 Å². The van der Waals surface area contributed by atoms with Gasteiger partial charge in [0.1, 0.15) is 11.1 Å². The fourth-order valence-corrected chi connectivity index (χ4v) is 4.50. The van der Waals surface area contributed by atoms with Crippen LogP contribution in [0.25, 0.3) is 22.4 Å². The van der Waals surface area contributed by atoms with Crippen molar-refractivity contribution in [3.05, 3.63) is 107 Å². The molecule has 0 aliphatic rings. The molecule has 4 aromatic rings. The topological polar surface area (TPSA) is 36.7 Å². The van der Waals surface area contributed by atoms with E-state index in [-0.39, 0.29) is 0 Å². The van der Waals surface area contributed by atoms with Crippen LogP contribution in [0.1, 0.15) is 16.7 Å². The molecule has 3 aromatic carbocycles. The van der Waals surface area contributed by atoms with Crippen LogP contribution in [0.3, 0.4) is 0 Å². The summed E-state index contributed by atoms with van der Waals surface area (Å²) in [6, 6.07) is 30.5. The summed E-state index contributed by atoms with van der Waals surface area (Å²) in [6.45, 7) is 2.07. The van der Waals surface area contributed by atoms with Crippen LogP contribution in [0.4, 0.5) is 0 Å². The number of rotatable bonds is 5. The van der Waals surface area contributed by atoms with Gasteiger partial charge >= 0.3 is 0 Å². The Labute approximate surface area is 186 Å². The normalized spacial score (nSPS) is 10.6. The highest BCUT2D eigenvalue weighted by molar-refractivity contribution is 7.98. The quantitative estimate of drug-likeness (QED) is 0.309. The summed E-state index contributed by atoms with van der Waals surface area (Å²) < 4.78 is 0. The van der Waals surface area contributed by atoms with Crippen molar-refractivity contribution in [3.8, 4) is 28.5 Å². The highest BCUT2D eigenvalue weighted by Gasteiger charge is 2.16. The Balaban J connectivity index is 1.82. The average Bonchev–Trinajstić information content (AvgIpc) is 2.79. The number of hydrogen-bond acceptors (Lipinski definition) is 3. The van der Waals surface area contributed by atoms with Gasteiger partial charge in [0, 0.05) is 21.9 Å². The molecule has 146 valence electrons. The van der Waals surface area contributed by atoms with Crippen molar-refractivity contribution in [2.45, 2.75) is 17.7 Å². The fraction of sp³-hybridized carbons (Fsp3) is 0.0769. The van der Waals surface area contributed by atoms with Gasteiger partial charge in [-0.05, 0) is 30.2 Å². The summed E-state index contributed by atoms with van der Waals surface area (Å²) in [5.41, 5.74) is 6.60. The molecule has 2 nitrogen and oxygen atoms in total. The third-order valence-corrected chi connectivity index (χ3v) is 6.25. The molecule has 1 aromatic heterocycles. The second-order valence-electron chi connectivity index (χ2n) is 6.96. The van der Waals surface area contributed by atoms with Gasteiger partial charge in [-0.25, -0.2) is 4.98 Å². The van der Waals surface area contributed by atoms with E-state index >= 15 is 0 Å². The Hall–Kier alpha value is -3.06. The first kappa shape index (κ1) is 20.2. The molecule has 0 bridgehead atoms. The van der Waals surface area contributed by atoms with Crippen molar-refractivity contribution in [1.29, 1.82) is 5.26 Å². The molecule has 0 amide bonds. The summed E-state index contributed by atoms with van der Waals surface area (Å²) in [5, 5.41) is 11.4. The molecule has 0 saturated carbocycles. The minimum absolute atomic E-state index is 0.592. The molecule has 0 fully saturated rings. The molecule has 0 saturated heterocycles. The molecule has 0 atom stereocenters. The lowest BCUT2D eigenvalue weighted by molar-refractivity contribution is 1.12. The van der Waals surface area contributed by atoms with E-state index in [0.29, 0.717) is 16.3 Å². The predicted octanol–water partition coefficient (Wildman–Crippen LogP) is 7.54. The van der Waals surface area contributed by atoms with Crippen molar-refractivity contribution in [2.75, 3.05) is 0 Å². The number of benzene rings is 3. The van der Waals surface area contributed by atoms with Crippen molar-refractivity contribution in [3.63, 3.8) is 0 Å². The van der Waals surface area contributed by atoms with Crippen LogP contribution in [0.5, 0.6) is 0 Å². The molecular weight excluding hydrogens is 408 g/mol. The van der Waals surface area contributed by atoms with Crippen LogP contribution in [0.15, 0.2) is 90.0 Å². The van der Waals surface area contributed by atoms with Crippen molar-refractivity contribution < 1.29 is 0 Å². The third-order valence-electron chi connectivity index (χ3n) is 4.85. The van der Waals surface area contributed by atoms with Gasteiger partial charge in [0.05, 0.1) is 11.3 Å². The van der Waals surface area contributed by atoms with Gasteiger partial charge in [-0.3, -0.25) is 0 Å². The number of aromatic nitrogens is 1. The van der Waals surface area contributed by atoms with E-state index in [0.717, 1.165) is 33.0 Å². The molecule has 0 aliphatic heterocycles. The third kappa shape index (κ3) is 4.41. The van der Waals surface area contributed by atoms with Crippen LogP contribution >= 0.6 is 23.4 Å². The summed E-state index contributed by atoms with van der Waals surface area (Å²) in [7, 11) is 0. The number of nitriles is 1. The van der Waals surface area contributed by atoms with Crippen LogP contribution in [-0.2, 0) is 5.75 Å². The van der Waals surface area contributed by atoms with Crippen LogP contribution in [0.2, 0.25) is 5.02 Å². The smallest absolute Gasteiger partial charge is 0.115 e. The Morgan fingerprint density at radius 3 is 2.30 bits per heavy atom. The molecule has 4 rings (SSSR count). The second-order valence-corrected chi connectivity index (χ2v) is 8.33. The van der Waals surface area contributed by atoms with E-state index in [1.165, 1.54) is 5.56 Å². The maximum Gasteiger partial charge on any atom is 0.115 e. The zero-order valence-electron chi connectivity index (χ0n) is 16.5. The van der Waals surface area contributed by atoms with E-state index in [1.54, 1.807) is 11.8 Å². The lowest BCUT2D eigenvalue weighted by Gasteiger charge is -2.13. The van der Waals surface area contributed by atoms with E-state index in [2.05, 4.69) is 37.3 Å². The number of thioether (sulfide) groups is 1. The Bertz CT molecular complexity index is 1210. The molecular formula is C26H19ClN2S.